The van der Waals surface area contributed by atoms with Crippen LogP contribution in [0.5, 0.6) is 0 Å². The van der Waals surface area contributed by atoms with E-state index < -0.39 is 0 Å². The number of hydrogen-bond acceptors (Lipinski definition) is 5. The fourth-order valence-electron chi connectivity index (χ4n) is 2.91. The molecule has 1 aliphatic rings. The summed E-state index contributed by atoms with van der Waals surface area (Å²) in [4.78, 5) is 20.3. The molecule has 0 radical (unpaired) electrons. The molecule has 1 saturated heterocycles. The molecule has 1 aromatic heterocycles. The summed E-state index contributed by atoms with van der Waals surface area (Å²) in [5, 5.41) is 6.76. The van der Waals surface area contributed by atoms with Crippen molar-refractivity contribution in [1.29, 1.82) is 0 Å². The van der Waals surface area contributed by atoms with Gasteiger partial charge < -0.3 is 14.7 Å². The number of carbonyl (C=O) groups is 1. The summed E-state index contributed by atoms with van der Waals surface area (Å²) in [5.74, 6) is 1.33. The zero-order chi connectivity index (χ0) is 16.9. The minimum Gasteiger partial charge on any atom is -0.341 e. The van der Waals surface area contributed by atoms with Crippen molar-refractivity contribution in [2.24, 2.45) is 0 Å². The molecule has 1 aromatic carbocycles. The third-order valence-corrected chi connectivity index (χ3v) is 4.41. The third kappa shape index (κ3) is 3.73. The second-order valence-corrected chi connectivity index (χ2v) is 5.97. The second-order valence-electron chi connectivity index (χ2n) is 5.97. The van der Waals surface area contributed by atoms with Gasteiger partial charge in [-0.2, -0.15) is 4.98 Å². The summed E-state index contributed by atoms with van der Waals surface area (Å²) in [6.07, 6.45) is 0.668. The largest absolute Gasteiger partial charge is 0.341 e. The molecule has 7 nitrogen and oxygen atoms in total. The zero-order valence-electron chi connectivity index (χ0n) is 14.1. The number of hydrogen-bond donors (Lipinski definition) is 1. The van der Waals surface area contributed by atoms with Crippen LogP contribution in [-0.4, -0.2) is 59.2 Å². The van der Waals surface area contributed by atoms with Crippen LogP contribution in [0.4, 0.5) is 4.79 Å². The first kappa shape index (κ1) is 16.4. The molecular formula is C17H23N5O2. The van der Waals surface area contributed by atoms with Gasteiger partial charge in [-0.1, -0.05) is 35.5 Å². The summed E-state index contributed by atoms with van der Waals surface area (Å²) >= 11 is 0. The number of nitrogens with zero attached hydrogens (tertiary/aromatic N) is 4. The molecule has 2 aromatic rings. The average Bonchev–Trinajstić information content (AvgIpc) is 3.10. The number of benzene rings is 1. The molecule has 1 fully saturated rings. The SMILES string of the molecule is CNC(=O)N1CCN([C@H](C)c2nc(Cc3ccccc3)no2)CC1. The van der Waals surface area contributed by atoms with Crippen LogP contribution in [0, 0.1) is 0 Å². The summed E-state index contributed by atoms with van der Waals surface area (Å²) in [5.41, 5.74) is 1.16. The number of aromatic nitrogens is 2. The highest BCUT2D eigenvalue weighted by molar-refractivity contribution is 5.73. The fraction of sp³-hybridized carbons (Fsp3) is 0.471. The number of nitrogens with one attached hydrogen (secondary N) is 1. The Morgan fingerprint density at radius 1 is 1.25 bits per heavy atom. The van der Waals surface area contributed by atoms with Crippen molar-refractivity contribution in [3.63, 3.8) is 0 Å². The van der Waals surface area contributed by atoms with Gasteiger partial charge in [-0.05, 0) is 12.5 Å². The second kappa shape index (κ2) is 7.44. The van der Waals surface area contributed by atoms with Crippen LogP contribution in [0.2, 0.25) is 0 Å². The van der Waals surface area contributed by atoms with E-state index in [1.165, 1.54) is 0 Å². The van der Waals surface area contributed by atoms with Crippen molar-refractivity contribution in [3.8, 4) is 0 Å². The first-order chi connectivity index (χ1) is 11.7. The molecule has 7 heteroatoms. The molecule has 128 valence electrons. The molecule has 1 aliphatic heterocycles. The van der Waals surface area contributed by atoms with E-state index in [0.29, 0.717) is 31.2 Å². The smallest absolute Gasteiger partial charge is 0.317 e. The lowest BCUT2D eigenvalue weighted by molar-refractivity contribution is 0.101. The quantitative estimate of drug-likeness (QED) is 0.924. The van der Waals surface area contributed by atoms with E-state index in [1.54, 1.807) is 7.05 Å². The van der Waals surface area contributed by atoms with Crippen LogP contribution < -0.4 is 5.32 Å². The summed E-state index contributed by atoms with van der Waals surface area (Å²) in [7, 11) is 1.66. The molecule has 0 unspecified atom stereocenters. The topological polar surface area (TPSA) is 74.5 Å². The third-order valence-electron chi connectivity index (χ3n) is 4.41. The van der Waals surface area contributed by atoms with E-state index in [2.05, 4.69) is 39.4 Å². The van der Waals surface area contributed by atoms with Gasteiger partial charge >= 0.3 is 6.03 Å². The molecule has 24 heavy (non-hydrogen) atoms. The molecule has 2 heterocycles. The predicted octanol–water partition coefficient (Wildman–Crippen LogP) is 1.68. The van der Waals surface area contributed by atoms with Gasteiger partial charge in [0.1, 0.15) is 0 Å². The van der Waals surface area contributed by atoms with Gasteiger partial charge in [-0.3, -0.25) is 4.90 Å². The molecule has 2 amide bonds. The summed E-state index contributed by atoms with van der Waals surface area (Å²) in [6.45, 7) is 5.06. The minimum absolute atomic E-state index is 0.0229. The molecule has 1 N–H and O–H groups in total. The van der Waals surface area contributed by atoms with Crippen molar-refractivity contribution in [1.82, 2.24) is 25.3 Å². The van der Waals surface area contributed by atoms with Gasteiger partial charge in [-0.15, -0.1) is 0 Å². The number of urea groups is 1. The number of amides is 2. The monoisotopic (exact) mass is 329 g/mol. The van der Waals surface area contributed by atoms with E-state index in [0.717, 1.165) is 18.7 Å². The van der Waals surface area contributed by atoms with Gasteiger partial charge in [0.05, 0.1) is 6.04 Å². The highest BCUT2D eigenvalue weighted by Crippen LogP contribution is 2.20. The summed E-state index contributed by atoms with van der Waals surface area (Å²) in [6, 6.07) is 10.1. The molecular weight excluding hydrogens is 306 g/mol. The van der Waals surface area contributed by atoms with Crippen molar-refractivity contribution >= 4 is 6.03 Å². The lowest BCUT2D eigenvalue weighted by Crippen LogP contribution is -2.51. The van der Waals surface area contributed by atoms with Crippen LogP contribution in [0.15, 0.2) is 34.9 Å². The zero-order valence-corrected chi connectivity index (χ0v) is 14.1. The van der Waals surface area contributed by atoms with Crippen molar-refractivity contribution in [2.75, 3.05) is 33.2 Å². The molecule has 0 aliphatic carbocycles. The number of piperazine rings is 1. The highest BCUT2D eigenvalue weighted by Gasteiger charge is 2.27. The van der Waals surface area contributed by atoms with Gasteiger partial charge in [0.25, 0.3) is 0 Å². The maximum absolute atomic E-state index is 11.6. The Morgan fingerprint density at radius 3 is 2.62 bits per heavy atom. The predicted molar refractivity (Wildman–Crippen MR) is 89.6 cm³/mol. The fourth-order valence-corrected chi connectivity index (χ4v) is 2.91. The first-order valence-corrected chi connectivity index (χ1v) is 8.24. The highest BCUT2D eigenvalue weighted by atomic mass is 16.5. The lowest BCUT2D eigenvalue weighted by atomic mass is 10.1. The minimum atomic E-state index is -0.0229. The molecule has 0 bridgehead atoms. The average molecular weight is 329 g/mol. The normalized spacial score (nSPS) is 16.8. The van der Waals surface area contributed by atoms with Crippen molar-refractivity contribution < 1.29 is 9.32 Å². The van der Waals surface area contributed by atoms with E-state index >= 15 is 0 Å². The Balaban J connectivity index is 1.58. The molecule has 0 saturated carbocycles. The molecule has 0 spiro atoms. The Morgan fingerprint density at radius 2 is 1.96 bits per heavy atom. The van der Waals surface area contributed by atoms with E-state index in [4.69, 9.17) is 4.52 Å². The van der Waals surface area contributed by atoms with Gasteiger partial charge in [0.2, 0.25) is 5.89 Å². The van der Waals surface area contributed by atoms with Crippen LogP contribution in [0.25, 0.3) is 0 Å². The van der Waals surface area contributed by atoms with Crippen molar-refractivity contribution in [2.45, 2.75) is 19.4 Å². The van der Waals surface area contributed by atoms with Gasteiger partial charge in [0.15, 0.2) is 5.82 Å². The van der Waals surface area contributed by atoms with Crippen LogP contribution in [0.1, 0.15) is 30.2 Å². The lowest BCUT2D eigenvalue weighted by Gasteiger charge is -2.36. The van der Waals surface area contributed by atoms with E-state index in [9.17, 15) is 4.79 Å². The molecule has 3 rings (SSSR count). The maximum Gasteiger partial charge on any atom is 0.317 e. The Labute approximate surface area is 141 Å². The first-order valence-electron chi connectivity index (χ1n) is 8.24. The van der Waals surface area contributed by atoms with Crippen LogP contribution in [-0.2, 0) is 6.42 Å². The Kier molecular flexibility index (Phi) is 5.10. The Bertz CT molecular complexity index is 665. The number of rotatable bonds is 4. The van der Waals surface area contributed by atoms with Gasteiger partial charge in [-0.25, -0.2) is 4.79 Å². The van der Waals surface area contributed by atoms with Crippen LogP contribution in [0.3, 0.4) is 0 Å². The molecule has 1 atom stereocenters. The maximum atomic E-state index is 11.6. The van der Waals surface area contributed by atoms with Crippen molar-refractivity contribution in [3.05, 3.63) is 47.6 Å². The van der Waals surface area contributed by atoms with Crippen LogP contribution >= 0.6 is 0 Å². The summed E-state index contributed by atoms with van der Waals surface area (Å²) < 4.78 is 5.45. The van der Waals surface area contributed by atoms with Gasteiger partial charge in [0, 0.05) is 39.6 Å². The standard InChI is InChI=1S/C17H23N5O2/c1-13(21-8-10-22(11-9-21)17(23)18-2)16-19-15(20-24-16)12-14-6-4-3-5-7-14/h3-7,13H,8-12H2,1-2H3,(H,18,23)/t13-/m1/s1. The van der Waals surface area contributed by atoms with E-state index in [1.807, 2.05) is 23.1 Å². The van der Waals surface area contributed by atoms with E-state index in [-0.39, 0.29) is 12.1 Å². The number of carbonyl (C=O) groups excluding carboxylic acids is 1. The Hall–Kier alpha value is -2.41.